The Morgan fingerprint density at radius 1 is 1.35 bits per heavy atom. The molecule has 0 heterocycles. The molecule has 0 bridgehead atoms. The van der Waals surface area contributed by atoms with Crippen LogP contribution in [0.2, 0.25) is 0 Å². The van der Waals surface area contributed by atoms with Crippen molar-refractivity contribution in [1.82, 2.24) is 15.1 Å². The van der Waals surface area contributed by atoms with Crippen LogP contribution in [0, 0.1) is 5.82 Å². The van der Waals surface area contributed by atoms with E-state index in [0.29, 0.717) is 12.5 Å². The van der Waals surface area contributed by atoms with Gasteiger partial charge in [-0.25, -0.2) is 9.38 Å². The molecule has 0 radical (unpaired) electrons. The Hall–Kier alpha value is -2.11. The summed E-state index contributed by atoms with van der Waals surface area (Å²) in [6.07, 6.45) is 0.939. The van der Waals surface area contributed by atoms with Crippen molar-refractivity contribution in [2.75, 3.05) is 27.7 Å². The Labute approximate surface area is 138 Å². The fourth-order valence-corrected chi connectivity index (χ4v) is 1.87. The maximum atomic E-state index is 13.3. The molecule has 6 heteroatoms. The van der Waals surface area contributed by atoms with E-state index in [-0.39, 0.29) is 24.3 Å². The molecule has 0 aliphatic carbocycles. The van der Waals surface area contributed by atoms with Crippen molar-refractivity contribution in [3.8, 4) is 0 Å². The number of halogens is 1. The van der Waals surface area contributed by atoms with Crippen LogP contribution in [0.15, 0.2) is 29.3 Å². The second-order valence-corrected chi connectivity index (χ2v) is 5.87. The molecule has 0 spiro atoms. The first-order valence-corrected chi connectivity index (χ1v) is 7.80. The topological polar surface area (TPSA) is 47.9 Å². The van der Waals surface area contributed by atoms with Crippen molar-refractivity contribution in [3.05, 3.63) is 35.6 Å². The van der Waals surface area contributed by atoms with Crippen molar-refractivity contribution in [2.45, 2.75) is 32.9 Å². The first-order valence-electron chi connectivity index (χ1n) is 7.80. The van der Waals surface area contributed by atoms with E-state index in [1.165, 1.54) is 17.0 Å². The van der Waals surface area contributed by atoms with E-state index in [9.17, 15) is 9.18 Å². The van der Waals surface area contributed by atoms with Crippen LogP contribution in [0.25, 0.3) is 0 Å². The van der Waals surface area contributed by atoms with Crippen LogP contribution in [0.3, 0.4) is 0 Å². The highest BCUT2D eigenvalue weighted by molar-refractivity contribution is 5.84. The molecule has 0 saturated heterocycles. The number of nitrogens with one attached hydrogen (secondary N) is 1. The Bertz CT molecular complexity index is 545. The van der Waals surface area contributed by atoms with E-state index in [2.05, 4.69) is 24.2 Å². The second kappa shape index (κ2) is 9.12. The summed E-state index contributed by atoms with van der Waals surface area (Å²) < 4.78 is 13.3. The molecule has 1 aromatic carbocycles. The molecule has 1 rings (SSSR count). The van der Waals surface area contributed by atoms with Gasteiger partial charge >= 0.3 is 0 Å². The molecule has 0 aromatic heterocycles. The van der Waals surface area contributed by atoms with Gasteiger partial charge in [-0.15, -0.1) is 0 Å². The van der Waals surface area contributed by atoms with E-state index in [1.54, 1.807) is 20.2 Å². The number of aliphatic imine (C=N–C) groups is 1. The Morgan fingerprint density at radius 2 is 2.04 bits per heavy atom. The van der Waals surface area contributed by atoms with Crippen LogP contribution in [-0.4, -0.2) is 55.4 Å². The largest absolute Gasteiger partial charge is 0.354 e. The van der Waals surface area contributed by atoms with Crippen molar-refractivity contribution in [1.29, 1.82) is 0 Å². The molecule has 0 aliphatic rings. The SMILES string of the molecule is CCC(C)NC(=NCC(=O)N(C)C)N(C)Cc1cccc(F)c1. The third-order valence-corrected chi connectivity index (χ3v) is 3.52. The van der Waals surface area contributed by atoms with Gasteiger partial charge in [0, 0.05) is 33.7 Å². The number of amides is 1. The molecule has 1 aromatic rings. The zero-order valence-corrected chi connectivity index (χ0v) is 14.6. The molecular weight excluding hydrogens is 295 g/mol. The summed E-state index contributed by atoms with van der Waals surface area (Å²) in [6, 6.07) is 6.71. The zero-order chi connectivity index (χ0) is 17.4. The zero-order valence-electron chi connectivity index (χ0n) is 14.6. The number of likely N-dealkylation sites (N-methyl/N-ethyl adjacent to an activating group) is 1. The smallest absolute Gasteiger partial charge is 0.243 e. The molecule has 1 N–H and O–H groups in total. The Kier molecular flexibility index (Phi) is 7.51. The third-order valence-electron chi connectivity index (χ3n) is 3.52. The van der Waals surface area contributed by atoms with Gasteiger partial charge in [-0.05, 0) is 31.0 Å². The minimum atomic E-state index is -0.257. The fourth-order valence-electron chi connectivity index (χ4n) is 1.87. The predicted octanol–water partition coefficient (Wildman–Crippen LogP) is 2.09. The molecule has 1 amide bonds. The molecule has 23 heavy (non-hydrogen) atoms. The van der Waals surface area contributed by atoms with E-state index in [1.807, 2.05) is 18.0 Å². The molecule has 1 atom stereocenters. The van der Waals surface area contributed by atoms with Crippen molar-refractivity contribution >= 4 is 11.9 Å². The maximum absolute atomic E-state index is 13.3. The number of rotatable bonds is 6. The van der Waals surface area contributed by atoms with Crippen molar-refractivity contribution < 1.29 is 9.18 Å². The highest BCUT2D eigenvalue weighted by Gasteiger charge is 2.12. The third kappa shape index (κ3) is 6.67. The molecular formula is C17H27FN4O. The fraction of sp³-hybridized carbons (Fsp3) is 0.529. The minimum absolute atomic E-state index is 0.0624. The average molecular weight is 322 g/mol. The van der Waals surface area contributed by atoms with Gasteiger partial charge in [0.25, 0.3) is 0 Å². The summed E-state index contributed by atoms with van der Waals surface area (Å²) in [5.41, 5.74) is 0.852. The minimum Gasteiger partial charge on any atom is -0.354 e. The lowest BCUT2D eigenvalue weighted by atomic mass is 10.2. The highest BCUT2D eigenvalue weighted by Crippen LogP contribution is 2.07. The first-order chi connectivity index (χ1) is 10.8. The van der Waals surface area contributed by atoms with Crippen LogP contribution >= 0.6 is 0 Å². The Balaban J connectivity index is 2.84. The van der Waals surface area contributed by atoms with Gasteiger partial charge in [-0.2, -0.15) is 0 Å². The van der Waals surface area contributed by atoms with Crippen molar-refractivity contribution in [3.63, 3.8) is 0 Å². The highest BCUT2D eigenvalue weighted by atomic mass is 19.1. The summed E-state index contributed by atoms with van der Waals surface area (Å²) >= 11 is 0. The van der Waals surface area contributed by atoms with Crippen molar-refractivity contribution in [2.24, 2.45) is 4.99 Å². The van der Waals surface area contributed by atoms with Crippen LogP contribution in [-0.2, 0) is 11.3 Å². The maximum Gasteiger partial charge on any atom is 0.243 e. The molecule has 1 unspecified atom stereocenters. The lowest BCUT2D eigenvalue weighted by Crippen LogP contribution is -2.43. The standard InChI is InChI=1S/C17H27FN4O/c1-6-13(2)20-17(19-11-16(23)21(3)4)22(5)12-14-8-7-9-15(18)10-14/h7-10,13H,6,11-12H2,1-5H3,(H,19,20). The van der Waals surface area contributed by atoms with Crippen LogP contribution in [0.1, 0.15) is 25.8 Å². The number of nitrogens with zero attached hydrogens (tertiary/aromatic N) is 3. The molecule has 0 aliphatic heterocycles. The normalized spacial score (nSPS) is 12.7. The summed E-state index contributed by atoms with van der Waals surface area (Å²) in [7, 11) is 5.28. The van der Waals surface area contributed by atoms with Gasteiger partial charge in [-0.3, -0.25) is 4.79 Å². The summed E-state index contributed by atoms with van der Waals surface area (Å²) in [6.45, 7) is 4.72. The van der Waals surface area contributed by atoms with Crippen LogP contribution in [0.4, 0.5) is 4.39 Å². The monoisotopic (exact) mass is 322 g/mol. The van der Waals surface area contributed by atoms with E-state index in [0.717, 1.165) is 12.0 Å². The summed E-state index contributed by atoms with van der Waals surface area (Å²) in [4.78, 5) is 19.6. The van der Waals surface area contributed by atoms with Crippen LogP contribution < -0.4 is 5.32 Å². The number of carbonyl (C=O) groups is 1. The van der Waals surface area contributed by atoms with Crippen LogP contribution in [0.5, 0.6) is 0 Å². The van der Waals surface area contributed by atoms with Gasteiger partial charge < -0.3 is 15.1 Å². The van der Waals surface area contributed by atoms with E-state index < -0.39 is 0 Å². The molecule has 128 valence electrons. The molecule has 5 nitrogen and oxygen atoms in total. The summed E-state index contributed by atoms with van der Waals surface area (Å²) in [5, 5.41) is 3.31. The lowest BCUT2D eigenvalue weighted by Gasteiger charge is -2.25. The van der Waals surface area contributed by atoms with Gasteiger partial charge in [0.2, 0.25) is 5.91 Å². The van der Waals surface area contributed by atoms with E-state index in [4.69, 9.17) is 0 Å². The number of hydrogen-bond donors (Lipinski definition) is 1. The predicted molar refractivity (Wildman–Crippen MR) is 91.8 cm³/mol. The number of carbonyl (C=O) groups excluding carboxylic acids is 1. The Morgan fingerprint density at radius 3 is 2.61 bits per heavy atom. The van der Waals surface area contributed by atoms with Gasteiger partial charge in [0.05, 0.1) is 0 Å². The molecule has 0 fully saturated rings. The number of guanidine groups is 1. The average Bonchev–Trinajstić information content (AvgIpc) is 2.50. The number of benzene rings is 1. The quantitative estimate of drug-likeness (QED) is 0.644. The summed E-state index contributed by atoms with van der Waals surface area (Å²) in [5.74, 6) is 0.318. The second-order valence-electron chi connectivity index (χ2n) is 5.87. The van der Waals surface area contributed by atoms with Gasteiger partial charge in [-0.1, -0.05) is 19.1 Å². The molecule has 0 saturated carbocycles. The lowest BCUT2D eigenvalue weighted by molar-refractivity contribution is -0.127. The van der Waals surface area contributed by atoms with E-state index >= 15 is 0 Å². The van der Waals surface area contributed by atoms with Gasteiger partial charge in [0.1, 0.15) is 12.4 Å². The first kappa shape index (κ1) is 18.9. The number of hydrogen-bond acceptors (Lipinski definition) is 2. The van der Waals surface area contributed by atoms with Gasteiger partial charge in [0.15, 0.2) is 5.96 Å².